The van der Waals surface area contributed by atoms with E-state index in [1.54, 1.807) is 0 Å². The fourth-order valence-corrected chi connectivity index (χ4v) is 3.01. The monoisotopic (exact) mass is 285 g/mol. The van der Waals surface area contributed by atoms with Crippen LogP contribution >= 0.6 is 15.9 Å². The molecule has 0 saturated carbocycles. The van der Waals surface area contributed by atoms with Crippen molar-refractivity contribution in [1.82, 2.24) is 4.72 Å². The lowest BCUT2D eigenvalue weighted by Crippen LogP contribution is -2.45. The van der Waals surface area contributed by atoms with Gasteiger partial charge in [-0.1, -0.05) is 29.8 Å². The maximum Gasteiger partial charge on any atom is 0.212 e. The average Bonchev–Trinajstić information content (AvgIpc) is 1.99. The summed E-state index contributed by atoms with van der Waals surface area (Å²) in [4.78, 5) is 0. The van der Waals surface area contributed by atoms with Crippen LogP contribution in [0.15, 0.2) is 0 Å². The fraction of sp³-hybridized carbons (Fsp3) is 1.00. The van der Waals surface area contributed by atoms with E-state index in [4.69, 9.17) is 0 Å². The molecule has 0 aromatic rings. The molecule has 0 aromatic carbocycles. The summed E-state index contributed by atoms with van der Waals surface area (Å²) in [5.41, 5.74) is -0.407. The Morgan fingerprint density at radius 2 is 1.86 bits per heavy atom. The van der Waals surface area contributed by atoms with Crippen LogP contribution in [0, 0.1) is 5.92 Å². The fourth-order valence-electron chi connectivity index (χ4n) is 0.890. The zero-order valence-corrected chi connectivity index (χ0v) is 11.7. The van der Waals surface area contributed by atoms with Crippen LogP contribution in [-0.2, 0) is 10.0 Å². The van der Waals surface area contributed by atoms with E-state index < -0.39 is 15.6 Å². The molecule has 3 nitrogen and oxygen atoms in total. The zero-order chi connectivity index (χ0) is 11.4. The smallest absolute Gasteiger partial charge is 0.212 e. The van der Waals surface area contributed by atoms with Gasteiger partial charge in [-0.25, -0.2) is 13.1 Å². The molecule has 0 atom stereocenters. The lowest BCUT2D eigenvalue weighted by molar-refractivity contribution is 0.495. The molecule has 0 bridgehead atoms. The molecule has 0 aliphatic rings. The second-order valence-corrected chi connectivity index (χ2v) is 7.02. The van der Waals surface area contributed by atoms with E-state index in [2.05, 4.69) is 20.7 Å². The van der Waals surface area contributed by atoms with E-state index in [-0.39, 0.29) is 5.75 Å². The Balaban J connectivity index is 4.22. The second kappa shape index (κ2) is 5.47. The lowest BCUT2D eigenvalue weighted by Gasteiger charge is -2.23. The summed E-state index contributed by atoms with van der Waals surface area (Å²) in [6.07, 6.45) is 0.702. The molecule has 0 saturated heterocycles. The molecule has 0 radical (unpaired) electrons. The van der Waals surface area contributed by atoms with E-state index in [9.17, 15) is 8.42 Å². The number of nitrogens with one attached hydrogen (secondary N) is 1. The Morgan fingerprint density at radius 1 is 1.36 bits per heavy atom. The predicted molar refractivity (Wildman–Crippen MR) is 64.3 cm³/mol. The van der Waals surface area contributed by atoms with Crippen LogP contribution in [0.4, 0.5) is 0 Å². The number of sulfonamides is 1. The highest BCUT2D eigenvalue weighted by Crippen LogP contribution is 2.10. The van der Waals surface area contributed by atoms with E-state index in [0.29, 0.717) is 17.7 Å². The van der Waals surface area contributed by atoms with Gasteiger partial charge in [0.05, 0.1) is 5.75 Å². The van der Waals surface area contributed by atoms with Crippen molar-refractivity contribution in [3.63, 3.8) is 0 Å². The van der Waals surface area contributed by atoms with Crippen LogP contribution in [0.25, 0.3) is 0 Å². The first kappa shape index (κ1) is 14.4. The molecular formula is C9H20BrNO2S. The van der Waals surface area contributed by atoms with Gasteiger partial charge in [-0.05, 0) is 26.2 Å². The van der Waals surface area contributed by atoms with E-state index in [1.165, 1.54) is 0 Å². The maximum atomic E-state index is 11.6. The van der Waals surface area contributed by atoms with Crippen molar-refractivity contribution in [2.75, 3.05) is 11.1 Å². The quantitative estimate of drug-likeness (QED) is 0.760. The van der Waals surface area contributed by atoms with Gasteiger partial charge in [0.1, 0.15) is 0 Å². The molecule has 0 rings (SSSR count). The van der Waals surface area contributed by atoms with Crippen LogP contribution in [-0.4, -0.2) is 25.0 Å². The third-order valence-electron chi connectivity index (χ3n) is 1.73. The molecule has 0 spiro atoms. The minimum Gasteiger partial charge on any atom is -0.212 e. The first-order valence-corrected chi connectivity index (χ1v) is 7.53. The summed E-state index contributed by atoms with van der Waals surface area (Å²) < 4.78 is 25.8. The number of hydrogen-bond acceptors (Lipinski definition) is 2. The highest BCUT2D eigenvalue weighted by atomic mass is 79.9. The van der Waals surface area contributed by atoms with Gasteiger partial charge in [-0.2, -0.15) is 0 Å². The van der Waals surface area contributed by atoms with E-state index in [0.717, 1.165) is 0 Å². The summed E-state index contributed by atoms with van der Waals surface area (Å²) in [6.45, 7) is 7.75. The van der Waals surface area contributed by atoms with Crippen molar-refractivity contribution < 1.29 is 8.42 Å². The van der Waals surface area contributed by atoms with Crippen LogP contribution in [0.1, 0.15) is 34.1 Å². The molecule has 86 valence electrons. The number of halogens is 1. The topological polar surface area (TPSA) is 46.2 Å². The third-order valence-corrected chi connectivity index (χ3v) is 4.77. The zero-order valence-electron chi connectivity index (χ0n) is 9.30. The molecule has 0 unspecified atom stereocenters. The van der Waals surface area contributed by atoms with Crippen LogP contribution in [0.5, 0.6) is 0 Å². The molecular weight excluding hydrogens is 266 g/mol. The van der Waals surface area contributed by atoms with Crippen molar-refractivity contribution in [2.45, 2.75) is 39.7 Å². The van der Waals surface area contributed by atoms with Gasteiger partial charge in [-0.15, -0.1) is 0 Å². The summed E-state index contributed by atoms with van der Waals surface area (Å²) in [5, 5.41) is 0.612. The summed E-state index contributed by atoms with van der Waals surface area (Å²) >= 11 is 3.28. The van der Waals surface area contributed by atoms with Gasteiger partial charge in [0, 0.05) is 10.9 Å². The number of alkyl halides is 1. The standard InChI is InChI=1S/C9H20BrNO2S/c1-8(2)5-6-14(12,13)11-9(3,4)7-10/h8,11H,5-7H2,1-4H3. The summed E-state index contributed by atoms with van der Waals surface area (Å²) in [5.74, 6) is 0.625. The maximum absolute atomic E-state index is 11.6. The molecule has 0 aliphatic heterocycles. The molecule has 1 N–H and O–H groups in total. The van der Waals surface area contributed by atoms with Gasteiger partial charge < -0.3 is 0 Å². The Morgan fingerprint density at radius 3 is 2.21 bits per heavy atom. The SMILES string of the molecule is CC(C)CCS(=O)(=O)NC(C)(C)CBr. The molecule has 0 fully saturated rings. The van der Waals surface area contributed by atoms with Gasteiger partial charge in [-0.3, -0.25) is 0 Å². The average molecular weight is 286 g/mol. The summed E-state index contributed by atoms with van der Waals surface area (Å²) in [7, 11) is -3.13. The normalized spacial score (nSPS) is 13.6. The molecule has 0 aromatic heterocycles. The Hall–Kier alpha value is 0.390. The Kier molecular flexibility index (Phi) is 5.62. The third kappa shape index (κ3) is 6.79. The highest BCUT2D eigenvalue weighted by Gasteiger charge is 2.23. The molecule has 0 aliphatic carbocycles. The second-order valence-electron chi connectivity index (χ2n) is 4.62. The van der Waals surface area contributed by atoms with Crippen molar-refractivity contribution in [3.05, 3.63) is 0 Å². The van der Waals surface area contributed by atoms with Gasteiger partial charge in [0.15, 0.2) is 0 Å². The minimum atomic E-state index is -3.13. The van der Waals surface area contributed by atoms with E-state index >= 15 is 0 Å². The van der Waals surface area contributed by atoms with Crippen molar-refractivity contribution in [1.29, 1.82) is 0 Å². The largest absolute Gasteiger partial charge is 0.212 e. The van der Waals surface area contributed by atoms with Crippen LogP contribution in [0.3, 0.4) is 0 Å². The molecule has 0 amide bonds. The molecule has 5 heteroatoms. The van der Waals surface area contributed by atoms with Gasteiger partial charge in [0.2, 0.25) is 10.0 Å². The highest BCUT2D eigenvalue weighted by molar-refractivity contribution is 9.09. The first-order valence-electron chi connectivity index (χ1n) is 4.76. The van der Waals surface area contributed by atoms with E-state index in [1.807, 2.05) is 27.7 Å². The van der Waals surface area contributed by atoms with Crippen molar-refractivity contribution >= 4 is 26.0 Å². The Labute approximate surface area is 95.8 Å². The molecule has 0 heterocycles. The lowest BCUT2D eigenvalue weighted by atomic mass is 10.1. The predicted octanol–water partition coefficient (Wildman–Crippen LogP) is 2.13. The van der Waals surface area contributed by atoms with Crippen LogP contribution < -0.4 is 4.72 Å². The number of hydrogen-bond donors (Lipinski definition) is 1. The van der Waals surface area contributed by atoms with Crippen molar-refractivity contribution in [3.8, 4) is 0 Å². The number of rotatable bonds is 6. The van der Waals surface area contributed by atoms with Crippen LogP contribution in [0.2, 0.25) is 0 Å². The summed E-state index contributed by atoms with van der Waals surface area (Å²) in [6, 6.07) is 0. The Bertz CT molecular complexity index is 260. The van der Waals surface area contributed by atoms with Crippen molar-refractivity contribution in [2.24, 2.45) is 5.92 Å². The van der Waals surface area contributed by atoms with Gasteiger partial charge in [0.25, 0.3) is 0 Å². The first-order chi connectivity index (χ1) is 6.18. The van der Waals surface area contributed by atoms with Gasteiger partial charge >= 0.3 is 0 Å². The minimum absolute atomic E-state index is 0.209. The molecule has 14 heavy (non-hydrogen) atoms.